The highest BCUT2D eigenvalue weighted by Crippen LogP contribution is 1.93. The van der Waals surface area contributed by atoms with Gasteiger partial charge in [0.15, 0.2) is 0 Å². The quantitative estimate of drug-likeness (QED) is 0.578. The normalized spacial score (nSPS) is 13.6. The molecular weight excluding hydrogens is 228 g/mol. The summed E-state index contributed by atoms with van der Waals surface area (Å²) < 4.78 is 36.9. The smallest absolute Gasteiger partial charge is 0.306 e. The predicted octanol–water partition coefficient (Wildman–Crippen LogP) is -0.657. The molecule has 7 heteroatoms. The first-order valence-corrected chi connectivity index (χ1v) is 7.49. The predicted molar refractivity (Wildman–Crippen MR) is 54.2 cm³/mol. The Kier molecular flexibility index (Phi) is 5.94. The molecule has 5 nitrogen and oxygen atoms in total. The maximum atomic E-state index is 11.1. The van der Waals surface area contributed by atoms with Crippen LogP contribution in [0.1, 0.15) is 6.42 Å². The summed E-state index contributed by atoms with van der Waals surface area (Å²) in [5.74, 6) is -0.309. The molecule has 0 spiro atoms. The topological polar surface area (TPSA) is 77.5 Å². The van der Waals surface area contributed by atoms with E-state index >= 15 is 0 Å². The molecule has 0 fully saturated rings. The zero-order valence-corrected chi connectivity index (χ0v) is 9.82. The van der Waals surface area contributed by atoms with Crippen LogP contribution in [0.3, 0.4) is 0 Å². The van der Waals surface area contributed by atoms with Gasteiger partial charge < -0.3 is 4.74 Å². The van der Waals surface area contributed by atoms with E-state index in [0.717, 1.165) is 6.26 Å². The number of hydrogen-bond acceptors (Lipinski definition) is 5. The molecule has 84 valence electrons. The molecule has 0 aliphatic heterocycles. The molecular formula is C7H14O5S2. The summed E-state index contributed by atoms with van der Waals surface area (Å²) in [7, 11) is -3.09. The molecule has 0 saturated carbocycles. The summed E-state index contributed by atoms with van der Waals surface area (Å²) in [5.41, 5.74) is 0. The van der Waals surface area contributed by atoms with Crippen LogP contribution in [-0.4, -0.2) is 49.2 Å². The summed E-state index contributed by atoms with van der Waals surface area (Å²) in [6.07, 6.45) is 1.15. The van der Waals surface area contributed by atoms with Gasteiger partial charge in [0.05, 0.1) is 19.3 Å². The lowest BCUT2D eigenvalue weighted by atomic mass is 10.5. The lowest BCUT2D eigenvalue weighted by Gasteiger charge is -2.00. The minimum Gasteiger partial charge on any atom is -0.469 e. The average molecular weight is 242 g/mol. The number of carbonyl (C=O) groups is 1. The minimum atomic E-state index is -3.07. The Labute approximate surface area is 86.2 Å². The molecule has 0 rings (SSSR count). The van der Waals surface area contributed by atoms with E-state index in [2.05, 4.69) is 4.74 Å². The molecule has 1 atom stereocenters. The summed E-state index contributed by atoms with van der Waals surface area (Å²) >= 11 is 0. The Bertz CT molecular complexity index is 306. The van der Waals surface area contributed by atoms with Crippen molar-refractivity contribution >= 4 is 26.6 Å². The van der Waals surface area contributed by atoms with Gasteiger partial charge in [-0.05, 0) is 0 Å². The molecule has 0 N–H and O–H groups in total. The molecule has 0 aromatic rings. The molecule has 0 amide bonds. The second-order valence-electron chi connectivity index (χ2n) is 2.80. The fraction of sp³-hybridized carbons (Fsp3) is 0.857. The maximum Gasteiger partial charge on any atom is 0.306 e. The van der Waals surface area contributed by atoms with Gasteiger partial charge in [0.25, 0.3) is 0 Å². The Hall–Kier alpha value is -0.430. The Morgan fingerprint density at radius 1 is 1.36 bits per heavy atom. The molecule has 14 heavy (non-hydrogen) atoms. The highest BCUT2D eigenvalue weighted by atomic mass is 32.2. The van der Waals surface area contributed by atoms with E-state index < -0.39 is 26.6 Å². The third-order valence-corrected chi connectivity index (χ3v) is 3.97. The summed E-state index contributed by atoms with van der Waals surface area (Å²) in [4.78, 5) is 10.6. The van der Waals surface area contributed by atoms with Crippen molar-refractivity contribution < 1.29 is 22.2 Å². The standard InChI is InChI=1S/C7H14O5S2/c1-12-7(8)3-4-13(9)5-6-14(2,10)11/h3-6H2,1-2H3. The maximum absolute atomic E-state index is 11.1. The van der Waals surface area contributed by atoms with Gasteiger partial charge in [0.2, 0.25) is 0 Å². The molecule has 0 heterocycles. The minimum absolute atomic E-state index is 0.0624. The third-order valence-electron chi connectivity index (χ3n) is 1.44. The number of esters is 1. The van der Waals surface area contributed by atoms with Crippen LogP contribution >= 0.6 is 0 Å². The zero-order valence-electron chi connectivity index (χ0n) is 8.19. The average Bonchev–Trinajstić information content (AvgIpc) is 2.09. The van der Waals surface area contributed by atoms with Gasteiger partial charge in [0.1, 0.15) is 9.84 Å². The van der Waals surface area contributed by atoms with E-state index in [1.54, 1.807) is 0 Å². The second-order valence-corrected chi connectivity index (χ2v) is 6.76. The first kappa shape index (κ1) is 13.6. The lowest BCUT2D eigenvalue weighted by molar-refractivity contribution is -0.140. The van der Waals surface area contributed by atoms with Crippen LogP contribution in [0.15, 0.2) is 0 Å². The third kappa shape index (κ3) is 8.18. The Morgan fingerprint density at radius 2 is 1.93 bits per heavy atom. The van der Waals surface area contributed by atoms with Crippen LogP contribution in [0.25, 0.3) is 0 Å². The molecule has 0 radical (unpaired) electrons. The van der Waals surface area contributed by atoms with Crippen molar-refractivity contribution in [2.45, 2.75) is 6.42 Å². The number of methoxy groups -OCH3 is 1. The van der Waals surface area contributed by atoms with E-state index in [4.69, 9.17) is 0 Å². The van der Waals surface area contributed by atoms with Gasteiger partial charge >= 0.3 is 5.97 Å². The van der Waals surface area contributed by atoms with Crippen molar-refractivity contribution in [3.05, 3.63) is 0 Å². The van der Waals surface area contributed by atoms with Crippen molar-refractivity contribution in [3.8, 4) is 0 Å². The number of rotatable bonds is 6. The molecule has 0 aliphatic carbocycles. The van der Waals surface area contributed by atoms with Crippen LogP contribution in [-0.2, 0) is 30.2 Å². The monoisotopic (exact) mass is 242 g/mol. The largest absolute Gasteiger partial charge is 0.469 e. The SMILES string of the molecule is COC(=O)CCS(=O)CCS(C)(=O)=O. The fourth-order valence-electron chi connectivity index (χ4n) is 0.646. The van der Waals surface area contributed by atoms with Gasteiger partial charge in [-0.25, -0.2) is 8.42 Å². The number of carbonyl (C=O) groups excluding carboxylic acids is 1. The summed E-state index contributed by atoms with van der Waals surface area (Å²) in [6, 6.07) is 0. The van der Waals surface area contributed by atoms with E-state index in [0.29, 0.717) is 0 Å². The van der Waals surface area contributed by atoms with Crippen LogP contribution < -0.4 is 0 Å². The van der Waals surface area contributed by atoms with Gasteiger partial charge in [-0.3, -0.25) is 9.00 Å². The molecule has 0 saturated heterocycles. The summed E-state index contributed by atoms with van der Waals surface area (Å²) in [5, 5.41) is 0. The van der Waals surface area contributed by atoms with Crippen molar-refractivity contribution in [1.29, 1.82) is 0 Å². The summed E-state index contributed by atoms with van der Waals surface area (Å²) in [6.45, 7) is 0. The molecule has 1 unspecified atom stereocenters. The van der Waals surface area contributed by atoms with Gasteiger partial charge in [-0.1, -0.05) is 0 Å². The molecule has 0 aliphatic rings. The van der Waals surface area contributed by atoms with Crippen molar-refractivity contribution in [3.63, 3.8) is 0 Å². The highest BCUT2D eigenvalue weighted by Gasteiger charge is 2.08. The van der Waals surface area contributed by atoms with Gasteiger partial charge in [-0.2, -0.15) is 0 Å². The van der Waals surface area contributed by atoms with Crippen LogP contribution in [0.5, 0.6) is 0 Å². The number of sulfone groups is 1. The van der Waals surface area contributed by atoms with Crippen molar-refractivity contribution in [2.24, 2.45) is 0 Å². The second kappa shape index (κ2) is 6.13. The molecule has 0 aromatic heterocycles. The highest BCUT2D eigenvalue weighted by molar-refractivity contribution is 7.92. The van der Waals surface area contributed by atoms with Crippen LogP contribution in [0.4, 0.5) is 0 Å². The number of hydrogen-bond donors (Lipinski definition) is 0. The first-order chi connectivity index (χ1) is 6.35. The van der Waals surface area contributed by atoms with E-state index in [1.165, 1.54) is 7.11 Å². The van der Waals surface area contributed by atoms with E-state index in [1.807, 2.05) is 0 Å². The van der Waals surface area contributed by atoms with E-state index in [-0.39, 0.29) is 23.7 Å². The van der Waals surface area contributed by atoms with Crippen LogP contribution in [0.2, 0.25) is 0 Å². The van der Waals surface area contributed by atoms with E-state index in [9.17, 15) is 17.4 Å². The Morgan fingerprint density at radius 3 is 2.36 bits per heavy atom. The van der Waals surface area contributed by atoms with Crippen LogP contribution in [0, 0.1) is 0 Å². The molecule has 0 bridgehead atoms. The Balaban J connectivity index is 3.73. The first-order valence-electron chi connectivity index (χ1n) is 3.94. The zero-order chi connectivity index (χ0) is 11.2. The van der Waals surface area contributed by atoms with Gasteiger partial charge in [-0.15, -0.1) is 0 Å². The van der Waals surface area contributed by atoms with Crippen molar-refractivity contribution in [2.75, 3.05) is 30.6 Å². The molecule has 0 aromatic carbocycles. The van der Waals surface area contributed by atoms with Crippen molar-refractivity contribution in [1.82, 2.24) is 0 Å². The fourth-order valence-corrected chi connectivity index (χ4v) is 3.20. The number of ether oxygens (including phenoxy) is 1. The lowest BCUT2D eigenvalue weighted by Crippen LogP contribution is -2.15. The van der Waals surface area contributed by atoms with Gasteiger partial charge in [0, 0.05) is 28.6 Å².